The van der Waals surface area contributed by atoms with Crippen molar-refractivity contribution in [2.24, 2.45) is 0 Å². The second-order valence-electron chi connectivity index (χ2n) is 5.27. The quantitative estimate of drug-likeness (QED) is 0.502. The number of anilines is 1. The van der Waals surface area contributed by atoms with E-state index in [0.717, 1.165) is 0 Å². The zero-order valence-corrected chi connectivity index (χ0v) is 13.0. The fourth-order valence-corrected chi connectivity index (χ4v) is 2.27. The number of aliphatic hydroxyl groups excluding tert-OH is 1. The number of benzene rings is 1. The first-order valence-electron chi connectivity index (χ1n) is 7.46. The van der Waals surface area contributed by atoms with Crippen LogP contribution in [0.2, 0.25) is 0 Å². The molecule has 0 aliphatic carbocycles. The van der Waals surface area contributed by atoms with Crippen molar-refractivity contribution in [3.63, 3.8) is 0 Å². The van der Waals surface area contributed by atoms with Gasteiger partial charge in [0.15, 0.2) is 0 Å². The Morgan fingerprint density at radius 1 is 1.32 bits per heavy atom. The van der Waals surface area contributed by atoms with E-state index in [9.17, 15) is 19.6 Å². The molecule has 2 N–H and O–H groups in total. The van der Waals surface area contributed by atoms with Crippen LogP contribution < -0.4 is 10.1 Å². The SMILES string of the molecule is O=[N+]([O-])c1c(NCC(O)COc2ccc(F)cc2)nc2ccccn12. The summed E-state index contributed by atoms with van der Waals surface area (Å²) >= 11 is 0. The van der Waals surface area contributed by atoms with Crippen molar-refractivity contribution in [3.05, 3.63) is 64.6 Å². The molecule has 2 heterocycles. The minimum Gasteiger partial charge on any atom is -0.491 e. The highest BCUT2D eigenvalue weighted by atomic mass is 19.1. The number of halogens is 1. The van der Waals surface area contributed by atoms with Crippen LogP contribution in [0, 0.1) is 15.9 Å². The Hall–Kier alpha value is -3.20. The number of nitro groups is 1. The average molecular weight is 346 g/mol. The van der Waals surface area contributed by atoms with Gasteiger partial charge in [-0.1, -0.05) is 6.07 Å². The summed E-state index contributed by atoms with van der Waals surface area (Å²) in [5.74, 6) is -0.104. The van der Waals surface area contributed by atoms with E-state index in [4.69, 9.17) is 4.74 Å². The van der Waals surface area contributed by atoms with Gasteiger partial charge in [0.1, 0.15) is 24.3 Å². The van der Waals surface area contributed by atoms with Crippen LogP contribution in [-0.2, 0) is 0 Å². The number of aliphatic hydroxyl groups is 1. The van der Waals surface area contributed by atoms with Crippen molar-refractivity contribution in [1.82, 2.24) is 9.38 Å². The molecule has 0 saturated carbocycles. The molecule has 8 nitrogen and oxygen atoms in total. The van der Waals surface area contributed by atoms with Crippen molar-refractivity contribution >= 4 is 17.3 Å². The first kappa shape index (κ1) is 16.7. The molecule has 3 aromatic rings. The molecule has 0 fully saturated rings. The lowest BCUT2D eigenvalue weighted by atomic mass is 10.3. The van der Waals surface area contributed by atoms with E-state index in [1.807, 2.05) is 0 Å². The summed E-state index contributed by atoms with van der Waals surface area (Å²) in [5, 5.41) is 24.0. The smallest absolute Gasteiger partial charge is 0.372 e. The lowest BCUT2D eigenvalue weighted by Crippen LogP contribution is -2.26. The number of aromatic nitrogens is 2. The van der Waals surface area contributed by atoms with Crippen molar-refractivity contribution in [2.75, 3.05) is 18.5 Å². The predicted molar refractivity (Wildman–Crippen MR) is 88.2 cm³/mol. The minimum atomic E-state index is -0.936. The zero-order chi connectivity index (χ0) is 17.8. The highest BCUT2D eigenvalue weighted by molar-refractivity contribution is 5.62. The second kappa shape index (κ2) is 7.14. The highest BCUT2D eigenvalue weighted by Gasteiger charge is 2.22. The predicted octanol–water partition coefficient (Wildman–Crippen LogP) is 2.23. The molecule has 0 amide bonds. The van der Waals surface area contributed by atoms with E-state index >= 15 is 0 Å². The van der Waals surface area contributed by atoms with Gasteiger partial charge in [-0.15, -0.1) is 0 Å². The summed E-state index contributed by atoms with van der Waals surface area (Å²) in [6.07, 6.45) is 0.606. The van der Waals surface area contributed by atoms with Gasteiger partial charge in [-0.2, -0.15) is 9.38 Å². The van der Waals surface area contributed by atoms with Crippen LogP contribution in [0.1, 0.15) is 0 Å². The molecule has 0 aliphatic heterocycles. The molecule has 0 bridgehead atoms. The van der Waals surface area contributed by atoms with Crippen LogP contribution in [-0.4, -0.2) is 38.7 Å². The lowest BCUT2D eigenvalue weighted by Gasteiger charge is -2.12. The molecule has 3 rings (SSSR count). The third-order valence-electron chi connectivity index (χ3n) is 3.44. The summed E-state index contributed by atoms with van der Waals surface area (Å²) in [7, 11) is 0. The van der Waals surface area contributed by atoms with Crippen molar-refractivity contribution < 1.29 is 19.2 Å². The molecule has 130 valence electrons. The number of rotatable bonds is 7. The van der Waals surface area contributed by atoms with Crippen LogP contribution in [0.4, 0.5) is 16.0 Å². The molecule has 9 heteroatoms. The van der Waals surface area contributed by atoms with Crippen molar-refractivity contribution in [1.29, 1.82) is 0 Å². The van der Waals surface area contributed by atoms with Gasteiger partial charge in [0, 0.05) is 12.6 Å². The fourth-order valence-electron chi connectivity index (χ4n) is 2.27. The summed E-state index contributed by atoms with van der Waals surface area (Å²) in [6, 6.07) is 10.4. The first-order valence-corrected chi connectivity index (χ1v) is 7.46. The number of nitrogens with zero attached hydrogens (tertiary/aromatic N) is 3. The van der Waals surface area contributed by atoms with Gasteiger partial charge >= 0.3 is 5.82 Å². The molecular weight excluding hydrogens is 331 g/mol. The van der Waals surface area contributed by atoms with E-state index in [2.05, 4.69) is 10.3 Å². The number of hydrogen-bond donors (Lipinski definition) is 2. The van der Waals surface area contributed by atoms with Crippen molar-refractivity contribution in [3.8, 4) is 5.75 Å². The topological polar surface area (TPSA) is 102 Å². The van der Waals surface area contributed by atoms with Gasteiger partial charge in [-0.3, -0.25) is 0 Å². The maximum absolute atomic E-state index is 12.8. The summed E-state index contributed by atoms with van der Waals surface area (Å²) in [4.78, 5) is 14.9. The first-order chi connectivity index (χ1) is 12.0. The number of nitrogens with one attached hydrogen (secondary N) is 1. The third kappa shape index (κ3) is 3.83. The molecule has 1 atom stereocenters. The molecule has 2 aromatic heterocycles. The van der Waals surface area contributed by atoms with Gasteiger partial charge in [-0.05, 0) is 35.3 Å². The number of hydrogen-bond acceptors (Lipinski definition) is 6. The second-order valence-corrected chi connectivity index (χ2v) is 5.27. The molecule has 1 unspecified atom stereocenters. The van der Waals surface area contributed by atoms with Gasteiger partial charge in [0.2, 0.25) is 11.5 Å². The molecule has 0 saturated heterocycles. The molecule has 1 aromatic carbocycles. The Kier molecular flexibility index (Phi) is 4.75. The summed E-state index contributed by atoms with van der Waals surface area (Å²) in [6.45, 7) is -0.0499. The standard InChI is InChI=1S/C16H15FN4O4/c17-11-4-6-13(7-5-11)25-10-12(22)9-18-15-16(21(23)24)20-8-2-1-3-14(20)19-15/h1-8,12,18,22H,9-10H2. The summed E-state index contributed by atoms with van der Waals surface area (Å²) in [5.41, 5.74) is 0.425. The van der Waals surface area contributed by atoms with Crippen LogP contribution in [0.5, 0.6) is 5.75 Å². The van der Waals surface area contributed by atoms with E-state index in [1.54, 1.807) is 24.4 Å². The summed E-state index contributed by atoms with van der Waals surface area (Å²) < 4.78 is 19.5. The third-order valence-corrected chi connectivity index (χ3v) is 3.44. The van der Waals surface area contributed by atoms with Gasteiger partial charge < -0.3 is 25.3 Å². The largest absolute Gasteiger partial charge is 0.491 e. The van der Waals surface area contributed by atoms with Crippen LogP contribution in [0.15, 0.2) is 48.7 Å². The minimum absolute atomic E-state index is 0.00587. The molecular formula is C16H15FN4O4. The van der Waals surface area contributed by atoms with Crippen molar-refractivity contribution in [2.45, 2.75) is 6.10 Å². The Morgan fingerprint density at radius 2 is 2.08 bits per heavy atom. The molecule has 0 spiro atoms. The number of pyridine rings is 1. The Morgan fingerprint density at radius 3 is 2.80 bits per heavy atom. The average Bonchev–Trinajstić information content (AvgIpc) is 2.98. The maximum Gasteiger partial charge on any atom is 0.372 e. The van der Waals surface area contributed by atoms with E-state index in [1.165, 1.54) is 28.7 Å². The maximum atomic E-state index is 12.8. The Bertz CT molecular complexity index is 881. The van der Waals surface area contributed by atoms with Crippen LogP contribution in [0.25, 0.3) is 5.65 Å². The Labute approximate surface area is 141 Å². The van der Waals surface area contributed by atoms with Crippen LogP contribution in [0.3, 0.4) is 0 Å². The zero-order valence-electron chi connectivity index (χ0n) is 13.0. The monoisotopic (exact) mass is 346 g/mol. The van der Waals surface area contributed by atoms with Gasteiger partial charge in [-0.25, -0.2) is 4.39 Å². The highest BCUT2D eigenvalue weighted by Crippen LogP contribution is 2.25. The molecule has 25 heavy (non-hydrogen) atoms. The lowest BCUT2D eigenvalue weighted by molar-refractivity contribution is -0.389. The van der Waals surface area contributed by atoms with Crippen LogP contribution >= 0.6 is 0 Å². The normalized spacial score (nSPS) is 12.1. The Balaban J connectivity index is 1.63. The molecule has 0 radical (unpaired) electrons. The fraction of sp³-hybridized carbons (Fsp3) is 0.188. The van der Waals surface area contributed by atoms with E-state index in [-0.39, 0.29) is 30.6 Å². The van der Waals surface area contributed by atoms with Gasteiger partial charge in [0.05, 0.1) is 6.20 Å². The molecule has 0 aliphatic rings. The van der Waals surface area contributed by atoms with E-state index < -0.39 is 11.0 Å². The number of ether oxygens (including phenoxy) is 1. The van der Waals surface area contributed by atoms with Gasteiger partial charge in [0.25, 0.3) is 0 Å². The van der Waals surface area contributed by atoms with E-state index in [0.29, 0.717) is 11.4 Å². The number of imidazole rings is 1. The number of fused-ring (bicyclic) bond motifs is 1.